The third kappa shape index (κ3) is 4.20. The van der Waals surface area contributed by atoms with Crippen molar-refractivity contribution in [3.63, 3.8) is 0 Å². The molecule has 32 heavy (non-hydrogen) atoms. The maximum absolute atomic E-state index is 13.0. The predicted octanol–water partition coefficient (Wildman–Crippen LogP) is 2.19. The molecule has 1 saturated carbocycles. The van der Waals surface area contributed by atoms with Gasteiger partial charge in [-0.2, -0.15) is 0 Å². The van der Waals surface area contributed by atoms with Gasteiger partial charge in [-0.3, -0.25) is 14.3 Å². The first-order valence-electron chi connectivity index (χ1n) is 11.3. The van der Waals surface area contributed by atoms with Gasteiger partial charge in [0.1, 0.15) is 0 Å². The van der Waals surface area contributed by atoms with Crippen molar-refractivity contribution < 1.29 is 14.6 Å². The van der Waals surface area contributed by atoms with Gasteiger partial charge in [-0.1, -0.05) is 0 Å². The molecule has 0 bridgehead atoms. The number of hydrogen-bond acceptors (Lipinski definition) is 5. The topological polar surface area (TPSA) is 109 Å². The van der Waals surface area contributed by atoms with Gasteiger partial charge in [-0.15, -0.1) is 0 Å². The molecule has 3 heterocycles. The van der Waals surface area contributed by atoms with E-state index in [1.54, 1.807) is 29.1 Å². The Labute approximate surface area is 185 Å². The van der Waals surface area contributed by atoms with Crippen LogP contribution in [0.5, 0.6) is 0 Å². The van der Waals surface area contributed by atoms with Crippen LogP contribution in [-0.4, -0.2) is 50.9 Å². The van der Waals surface area contributed by atoms with Crippen LogP contribution in [0.4, 0.5) is 0 Å². The number of aromatic amines is 1. The molecule has 1 aromatic carbocycles. The highest BCUT2D eigenvalue weighted by Gasteiger charge is 2.30. The van der Waals surface area contributed by atoms with E-state index in [-0.39, 0.29) is 35.7 Å². The molecule has 5 rings (SSSR count). The Morgan fingerprint density at radius 1 is 1.16 bits per heavy atom. The van der Waals surface area contributed by atoms with E-state index in [9.17, 15) is 14.7 Å². The second-order valence-electron chi connectivity index (χ2n) is 8.93. The SMILES string of the molecule is O=C(N[C@H]1COC[C@H]1Cc1ccncc1)c1ccc2c(c1)[nH]c(=O)n2C1CCC(O)CC1. The normalized spacial score (nSPS) is 25.8. The minimum absolute atomic E-state index is 0.0660. The Bertz CT molecular complexity index is 1150. The minimum Gasteiger partial charge on any atom is -0.393 e. The van der Waals surface area contributed by atoms with Gasteiger partial charge in [0.15, 0.2) is 0 Å². The molecule has 2 aromatic heterocycles. The van der Waals surface area contributed by atoms with Gasteiger partial charge in [-0.05, 0) is 68.0 Å². The van der Waals surface area contributed by atoms with E-state index in [1.165, 1.54) is 5.56 Å². The van der Waals surface area contributed by atoms with E-state index in [0.29, 0.717) is 37.1 Å². The smallest absolute Gasteiger partial charge is 0.326 e. The molecule has 3 N–H and O–H groups in total. The number of nitrogens with zero attached hydrogens (tertiary/aromatic N) is 2. The highest BCUT2D eigenvalue weighted by Crippen LogP contribution is 2.30. The highest BCUT2D eigenvalue weighted by molar-refractivity contribution is 5.97. The van der Waals surface area contributed by atoms with Crippen molar-refractivity contribution in [2.24, 2.45) is 5.92 Å². The van der Waals surface area contributed by atoms with Crippen LogP contribution in [0.25, 0.3) is 11.0 Å². The lowest BCUT2D eigenvalue weighted by Gasteiger charge is -2.26. The van der Waals surface area contributed by atoms with Gasteiger partial charge >= 0.3 is 5.69 Å². The number of rotatable bonds is 5. The molecule has 2 aliphatic rings. The maximum Gasteiger partial charge on any atom is 0.326 e. The van der Waals surface area contributed by atoms with E-state index < -0.39 is 0 Å². The number of aromatic nitrogens is 3. The number of nitrogens with one attached hydrogen (secondary N) is 2. The summed E-state index contributed by atoms with van der Waals surface area (Å²) >= 11 is 0. The monoisotopic (exact) mass is 436 g/mol. The molecule has 1 saturated heterocycles. The molecule has 8 nitrogen and oxygen atoms in total. The molecule has 2 fully saturated rings. The van der Waals surface area contributed by atoms with Gasteiger partial charge in [0.2, 0.25) is 0 Å². The standard InChI is InChI=1S/C24H28N4O4/c29-19-4-2-18(3-5-19)28-22-6-1-16(12-20(22)27-24(28)31)23(30)26-21-14-32-13-17(21)11-15-7-9-25-10-8-15/h1,6-10,12,17-19,21,29H,2-5,11,13-14H2,(H,26,30)(H,27,31)/t17-,18?,19?,21+/m1/s1. The number of pyridine rings is 1. The summed E-state index contributed by atoms with van der Waals surface area (Å²) in [6, 6.07) is 9.33. The average Bonchev–Trinajstić information content (AvgIpc) is 3.37. The van der Waals surface area contributed by atoms with Crippen LogP contribution < -0.4 is 11.0 Å². The number of benzene rings is 1. The molecule has 3 aromatic rings. The highest BCUT2D eigenvalue weighted by atomic mass is 16.5. The Morgan fingerprint density at radius 2 is 1.94 bits per heavy atom. The summed E-state index contributed by atoms with van der Waals surface area (Å²) in [6.07, 6.45) is 7.05. The fourth-order valence-corrected chi connectivity index (χ4v) is 4.98. The number of amides is 1. The summed E-state index contributed by atoms with van der Waals surface area (Å²) in [5.41, 5.74) is 2.97. The number of carbonyl (C=O) groups excluding carboxylic acids is 1. The molecule has 8 heteroatoms. The van der Waals surface area contributed by atoms with Crippen LogP contribution >= 0.6 is 0 Å². The Hall–Kier alpha value is -2.97. The molecular formula is C24H28N4O4. The van der Waals surface area contributed by atoms with Gasteiger partial charge in [0, 0.05) is 29.9 Å². The fourth-order valence-electron chi connectivity index (χ4n) is 4.98. The van der Waals surface area contributed by atoms with E-state index in [2.05, 4.69) is 15.3 Å². The zero-order valence-electron chi connectivity index (χ0n) is 17.9. The quantitative estimate of drug-likeness (QED) is 0.568. The predicted molar refractivity (Wildman–Crippen MR) is 120 cm³/mol. The first kappa shape index (κ1) is 20.9. The van der Waals surface area contributed by atoms with Crippen molar-refractivity contribution in [1.29, 1.82) is 0 Å². The van der Waals surface area contributed by atoms with E-state index in [4.69, 9.17) is 4.74 Å². The molecule has 168 valence electrons. The van der Waals surface area contributed by atoms with Crippen molar-refractivity contribution >= 4 is 16.9 Å². The number of H-pyrrole nitrogens is 1. The summed E-state index contributed by atoms with van der Waals surface area (Å²) in [7, 11) is 0. The zero-order chi connectivity index (χ0) is 22.1. The summed E-state index contributed by atoms with van der Waals surface area (Å²) in [5, 5.41) is 12.9. The molecule has 0 radical (unpaired) electrons. The molecule has 0 unspecified atom stereocenters. The number of carbonyl (C=O) groups is 1. The number of imidazole rings is 1. The van der Waals surface area contributed by atoms with Crippen molar-refractivity contribution in [3.05, 3.63) is 64.3 Å². The summed E-state index contributed by atoms with van der Waals surface area (Å²) in [5.74, 6) is 0.0316. The molecule has 1 aliphatic heterocycles. The van der Waals surface area contributed by atoms with Crippen LogP contribution in [0.3, 0.4) is 0 Å². The van der Waals surface area contributed by atoms with Crippen molar-refractivity contribution in [1.82, 2.24) is 19.9 Å². The van der Waals surface area contributed by atoms with Crippen molar-refractivity contribution in [2.45, 2.75) is 50.3 Å². The van der Waals surface area contributed by atoms with E-state index in [1.807, 2.05) is 18.2 Å². The third-order valence-corrected chi connectivity index (χ3v) is 6.77. The Kier molecular flexibility index (Phi) is 5.80. The lowest BCUT2D eigenvalue weighted by molar-refractivity contribution is 0.0925. The average molecular weight is 437 g/mol. The molecule has 1 amide bonds. The first-order chi connectivity index (χ1) is 15.6. The number of hydrogen-bond donors (Lipinski definition) is 3. The molecular weight excluding hydrogens is 408 g/mol. The third-order valence-electron chi connectivity index (χ3n) is 6.77. The van der Waals surface area contributed by atoms with Gasteiger partial charge < -0.3 is 20.1 Å². The lowest BCUT2D eigenvalue weighted by Crippen LogP contribution is -2.40. The first-order valence-corrected chi connectivity index (χ1v) is 11.3. The van der Waals surface area contributed by atoms with Gasteiger partial charge in [-0.25, -0.2) is 4.79 Å². The fraction of sp³-hybridized carbons (Fsp3) is 0.458. The van der Waals surface area contributed by atoms with Crippen LogP contribution in [0.15, 0.2) is 47.5 Å². The molecule has 1 aliphatic carbocycles. The number of aliphatic hydroxyl groups is 1. The number of fused-ring (bicyclic) bond motifs is 1. The second-order valence-corrected chi connectivity index (χ2v) is 8.93. The van der Waals surface area contributed by atoms with Crippen LogP contribution in [0.2, 0.25) is 0 Å². The van der Waals surface area contributed by atoms with Crippen LogP contribution in [-0.2, 0) is 11.2 Å². The number of ether oxygens (including phenoxy) is 1. The van der Waals surface area contributed by atoms with E-state index in [0.717, 1.165) is 24.8 Å². The van der Waals surface area contributed by atoms with Gasteiger partial charge in [0.05, 0.1) is 36.4 Å². The van der Waals surface area contributed by atoms with Crippen LogP contribution in [0.1, 0.15) is 47.6 Å². The Morgan fingerprint density at radius 3 is 2.72 bits per heavy atom. The van der Waals surface area contributed by atoms with E-state index >= 15 is 0 Å². The maximum atomic E-state index is 13.0. The lowest BCUT2D eigenvalue weighted by atomic mass is 9.93. The second kappa shape index (κ2) is 8.88. The Balaban J connectivity index is 1.31. The molecule has 0 spiro atoms. The van der Waals surface area contributed by atoms with Crippen molar-refractivity contribution in [2.75, 3.05) is 13.2 Å². The van der Waals surface area contributed by atoms with Crippen molar-refractivity contribution in [3.8, 4) is 0 Å². The summed E-state index contributed by atoms with van der Waals surface area (Å²) in [4.78, 5) is 32.5. The summed E-state index contributed by atoms with van der Waals surface area (Å²) in [6.45, 7) is 1.10. The van der Waals surface area contributed by atoms with Gasteiger partial charge in [0.25, 0.3) is 5.91 Å². The summed E-state index contributed by atoms with van der Waals surface area (Å²) < 4.78 is 7.42. The molecule has 2 atom stereocenters. The van der Waals surface area contributed by atoms with Crippen LogP contribution in [0, 0.1) is 5.92 Å². The largest absolute Gasteiger partial charge is 0.393 e. The zero-order valence-corrected chi connectivity index (χ0v) is 17.9. The number of aliphatic hydroxyl groups excluding tert-OH is 1. The minimum atomic E-state index is -0.274.